The average molecular weight is 485 g/mol. The van der Waals surface area contributed by atoms with Gasteiger partial charge in [0.1, 0.15) is 0 Å². The third kappa shape index (κ3) is 3.75. The van der Waals surface area contributed by atoms with Crippen molar-refractivity contribution >= 4 is 11.9 Å². The monoisotopic (exact) mass is 484 g/mol. The summed E-state index contributed by atoms with van der Waals surface area (Å²) in [6.45, 7) is 23.8. The molecule has 0 bridgehead atoms. The van der Waals surface area contributed by atoms with Gasteiger partial charge in [-0.2, -0.15) is 0 Å². The molecule has 0 saturated carbocycles. The molecule has 3 aromatic carbocycles. The van der Waals surface area contributed by atoms with Gasteiger partial charge in [0.25, 0.3) is 0 Å². The van der Waals surface area contributed by atoms with Gasteiger partial charge in [0, 0.05) is 11.1 Å². The van der Waals surface area contributed by atoms with E-state index in [1.54, 1.807) is 0 Å². The van der Waals surface area contributed by atoms with Gasteiger partial charge in [-0.1, -0.05) is 0 Å². The Morgan fingerprint density at radius 1 is 0.333 bits per heavy atom. The number of benzene rings is 3. The maximum absolute atomic E-state index is 11.9. The molecule has 0 heterocycles. The van der Waals surface area contributed by atoms with Crippen LogP contribution in [0.4, 0.5) is 0 Å². The minimum absolute atomic E-state index is 0.277. The summed E-state index contributed by atoms with van der Waals surface area (Å²) < 4.78 is 0. The highest BCUT2D eigenvalue weighted by Gasteiger charge is 2.25. The SMILES string of the molecule is Cc1c(C)c(-c2c(C)c(C)c(-c3c(C)c(C)c(C(=O)[O-])c(C)c3C)c(C)c2C)c(C)c(C)c1C(=O)[O-]. The Labute approximate surface area is 215 Å². The van der Waals surface area contributed by atoms with E-state index in [4.69, 9.17) is 0 Å². The molecule has 0 spiro atoms. The van der Waals surface area contributed by atoms with E-state index in [-0.39, 0.29) is 11.1 Å². The maximum atomic E-state index is 11.9. The molecule has 0 fully saturated rings. The molecule has 0 unspecified atom stereocenters. The Balaban J connectivity index is 2.50. The summed E-state index contributed by atoms with van der Waals surface area (Å²) in [5.74, 6) is -2.29. The number of carbonyl (C=O) groups excluding carboxylic acids is 2. The molecule has 0 atom stereocenters. The van der Waals surface area contributed by atoms with E-state index in [0.717, 1.165) is 89.0 Å². The summed E-state index contributed by atoms with van der Waals surface area (Å²) in [6, 6.07) is 0. The van der Waals surface area contributed by atoms with Crippen molar-refractivity contribution in [3.05, 3.63) is 77.9 Å². The van der Waals surface area contributed by atoms with Crippen molar-refractivity contribution in [3.8, 4) is 22.3 Å². The van der Waals surface area contributed by atoms with Crippen molar-refractivity contribution in [2.75, 3.05) is 0 Å². The molecule has 0 amide bonds. The van der Waals surface area contributed by atoms with Gasteiger partial charge < -0.3 is 19.8 Å². The van der Waals surface area contributed by atoms with Crippen LogP contribution in [0.2, 0.25) is 0 Å². The summed E-state index contributed by atoms with van der Waals surface area (Å²) in [4.78, 5) is 23.7. The van der Waals surface area contributed by atoms with Crippen LogP contribution >= 0.6 is 0 Å². The first-order valence-corrected chi connectivity index (χ1v) is 12.3. The van der Waals surface area contributed by atoms with E-state index >= 15 is 0 Å². The molecule has 36 heavy (non-hydrogen) atoms. The number of aromatic carboxylic acids is 2. The highest BCUT2D eigenvalue weighted by molar-refractivity contribution is 5.96. The first kappa shape index (κ1) is 27.2. The fraction of sp³-hybridized carbons (Fsp3) is 0.375. The predicted molar refractivity (Wildman–Crippen MR) is 143 cm³/mol. The Bertz CT molecular complexity index is 1290. The molecular weight excluding hydrogens is 448 g/mol. The van der Waals surface area contributed by atoms with Gasteiger partial charge in [-0.3, -0.25) is 0 Å². The summed E-state index contributed by atoms with van der Waals surface area (Å²) in [5.41, 5.74) is 16.3. The standard InChI is InChI=1S/C32H38O4/c1-13-14(2)26(28-19(7)23(11)30(32(35)36)24(12)20(28)8)16(4)15(3)25(13)27-17(5)21(9)29(31(33)34)22(10)18(27)6/h1-12H3,(H,33,34)(H,35,36)/p-2. The Morgan fingerprint density at radius 3 is 0.611 bits per heavy atom. The largest absolute Gasteiger partial charge is 0.545 e. The van der Waals surface area contributed by atoms with Gasteiger partial charge in [0.2, 0.25) is 0 Å². The van der Waals surface area contributed by atoms with E-state index in [1.807, 2.05) is 55.4 Å². The van der Waals surface area contributed by atoms with Crippen LogP contribution < -0.4 is 10.2 Å². The molecule has 4 heteroatoms. The highest BCUT2D eigenvalue weighted by Crippen LogP contribution is 2.45. The lowest BCUT2D eigenvalue weighted by atomic mass is 9.76. The van der Waals surface area contributed by atoms with Crippen LogP contribution in [0.25, 0.3) is 22.3 Å². The van der Waals surface area contributed by atoms with Gasteiger partial charge in [0.15, 0.2) is 0 Å². The van der Waals surface area contributed by atoms with Crippen molar-refractivity contribution < 1.29 is 19.8 Å². The van der Waals surface area contributed by atoms with Crippen molar-refractivity contribution in [3.63, 3.8) is 0 Å². The third-order valence-electron chi connectivity index (χ3n) is 8.78. The minimum atomic E-state index is -1.14. The quantitative estimate of drug-likeness (QED) is 0.493. The summed E-state index contributed by atoms with van der Waals surface area (Å²) in [5, 5.41) is 23.7. The molecule has 0 aliphatic carbocycles. The molecule has 3 rings (SSSR count). The lowest BCUT2D eigenvalue weighted by Gasteiger charge is -2.28. The molecule has 190 valence electrons. The number of carboxylic acids is 2. The molecule has 0 radical (unpaired) electrons. The zero-order valence-electron chi connectivity index (χ0n) is 23.6. The maximum Gasteiger partial charge on any atom is 0.0720 e. The van der Waals surface area contributed by atoms with Crippen LogP contribution in [0.5, 0.6) is 0 Å². The van der Waals surface area contributed by atoms with Crippen molar-refractivity contribution in [1.82, 2.24) is 0 Å². The number of hydrogen-bond donors (Lipinski definition) is 0. The Hall–Kier alpha value is -3.40. The molecule has 4 nitrogen and oxygen atoms in total. The van der Waals surface area contributed by atoms with Crippen LogP contribution in [0.3, 0.4) is 0 Å². The first-order chi connectivity index (χ1) is 16.6. The number of hydrogen-bond acceptors (Lipinski definition) is 4. The van der Waals surface area contributed by atoms with Crippen LogP contribution in [0, 0.1) is 83.1 Å². The van der Waals surface area contributed by atoms with E-state index in [2.05, 4.69) is 27.7 Å². The summed E-state index contributed by atoms with van der Waals surface area (Å²) >= 11 is 0. The lowest BCUT2D eigenvalue weighted by molar-refractivity contribution is -0.256. The molecule has 0 aliphatic heterocycles. The van der Waals surface area contributed by atoms with E-state index in [1.165, 1.54) is 0 Å². The van der Waals surface area contributed by atoms with Gasteiger partial charge in [-0.25, -0.2) is 0 Å². The van der Waals surface area contributed by atoms with Crippen molar-refractivity contribution in [2.24, 2.45) is 0 Å². The normalized spacial score (nSPS) is 11.2. The fourth-order valence-electron chi connectivity index (χ4n) is 6.05. The van der Waals surface area contributed by atoms with E-state index < -0.39 is 11.9 Å². The highest BCUT2D eigenvalue weighted by atomic mass is 16.4. The molecule has 0 aromatic heterocycles. The zero-order chi connectivity index (χ0) is 27.5. The first-order valence-electron chi connectivity index (χ1n) is 12.3. The van der Waals surface area contributed by atoms with Crippen LogP contribution in [-0.4, -0.2) is 11.9 Å². The van der Waals surface area contributed by atoms with Crippen molar-refractivity contribution in [2.45, 2.75) is 83.1 Å². The second-order valence-corrected chi connectivity index (χ2v) is 10.3. The van der Waals surface area contributed by atoms with Crippen LogP contribution in [-0.2, 0) is 0 Å². The van der Waals surface area contributed by atoms with E-state index in [9.17, 15) is 19.8 Å². The number of carbonyl (C=O) groups is 2. The Kier molecular flexibility index (Phi) is 6.98. The fourth-order valence-corrected chi connectivity index (χ4v) is 6.05. The van der Waals surface area contributed by atoms with Crippen LogP contribution in [0.15, 0.2) is 0 Å². The summed E-state index contributed by atoms with van der Waals surface area (Å²) in [6.07, 6.45) is 0. The van der Waals surface area contributed by atoms with E-state index in [0.29, 0.717) is 0 Å². The predicted octanol–water partition coefficient (Wildman–Crippen LogP) is 5.45. The molecule has 0 N–H and O–H groups in total. The van der Waals surface area contributed by atoms with Gasteiger partial charge in [0.05, 0.1) is 11.9 Å². The molecule has 0 saturated heterocycles. The molecule has 0 aliphatic rings. The zero-order valence-corrected chi connectivity index (χ0v) is 23.6. The topological polar surface area (TPSA) is 80.3 Å². The smallest absolute Gasteiger partial charge is 0.0720 e. The average Bonchev–Trinajstić information content (AvgIpc) is 2.79. The number of carboxylic acid groups (broad SMARTS) is 2. The number of rotatable bonds is 4. The van der Waals surface area contributed by atoms with Gasteiger partial charge in [-0.15, -0.1) is 0 Å². The van der Waals surface area contributed by atoms with Gasteiger partial charge >= 0.3 is 0 Å². The van der Waals surface area contributed by atoms with Gasteiger partial charge in [-0.05, 0) is 172 Å². The minimum Gasteiger partial charge on any atom is -0.545 e. The molecular formula is C32H36O4-2. The van der Waals surface area contributed by atoms with Crippen LogP contribution in [0.1, 0.15) is 87.5 Å². The van der Waals surface area contributed by atoms with Crippen molar-refractivity contribution in [1.29, 1.82) is 0 Å². The second-order valence-electron chi connectivity index (χ2n) is 10.3. The third-order valence-corrected chi connectivity index (χ3v) is 8.78. The summed E-state index contributed by atoms with van der Waals surface area (Å²) in [7, 11) is 0. The lowest BCUT2D eigenvalue weighted by Crippen LogP contribution is -2.25. The Morgan fingerprint density at radius 2 is 0.472 bits per heavy atom. The second kappa shape index (κ2) is 9.24. The molecule has 3 aromatic rings.